The normalized spacial score (nSPS) is 17.9. The first-order valence-corrected chi connectivity index (χ1v) is 16.0. The Morgan fingerprint density at radius 2 is 0.562 bits per heavy atom. The Morgan fingerprint density at radius 3 is 0.781 bits per heavy atom. The van der Waals surface area contributed by atoms with Crippen LogP contribution in [0.3, 0.4) is 0 Å². The van der Waals surface area contributed by atoms with E-state index in [9.17, 15) is 180 Å². The van der Waals surface area contributed by atoms with E-state index < -0.39 is 124 Å². The Hall–Kier alpha value is -2.72. The van der Waals surface area contributed by atoms with Crippen molar-refractivity contribution in [3.05, 3.63) is 0 Å². The summed E-state index contributed by atoms with van der Waals surface area (Å²) >= 11 is 0. The molecule has 0 radical (unpaired) electrons. The summed E-state index contributed by atoms with van der Waals surface area (Å²) in [7, 11) is -24.6. The van der Waals surface area contributed by atoms with Crippen LogP contribution in [0.25, 0.3) is 0 Å². The Balaban J connectivity index is 9.47. The van der Waals surface area contributed by atoms with Gasteiger partial charge in [0.1, 0.15) is 0 Å². The van der Waals surface area contributed by atoms with Gasteiger partial charge >= 0.3 is 109 Å². The Morgan fingerprint density at radius 1 is 0.312 bits per heavy atom. The zero-order valence-corrected chi connectivity index (χ0v) is 28.5. The molecule has 0 aliphatic carbocycles. The molecule has 386 valence electrons. The van der Waals surface area contributed by atoms with Crippen molar-refractivity contribution in [2.75, 3.05) is 0 Å². The Kier molecular flexibility index (Phi) is 14.7. The molecule has 0 rings (SSSR count). The second-order valence-corrected chi connectivity index (χ2v) is 15.2. The lowest BCUT2D eigenvalue weighted by Gasteiger charge is -2.47. The predicted molar refractivity (Wildman–Crippen MR) is 109 cm³/mol. The standard InChI is InChI=1S/C17F39NO5SSi/c18-1(19,3(22,23)5(26,27)8(32,33)34)2(20,21)4(24,25)6(28,29)15(51,52)63(58,59)17(57(55)56,12(44,45)46)62-64(60-13(47,48)10(38,39)40,61-14(49,50)11(41,42)43)16(53,54)7(30,31)9(35,36)37. The van der Waals surface area contributed by atoms with Gasteiger partial charge in [0.2, 0.25) is 0 Å². The van der Waals surface area contributed by atoms with Gasteiger partial charge in [-0.15, -0.1) is 0 Å². The van der Waals surface area contributed by atoms with Gasteiger partial charge in [-0.2, -0.15) is 162 Å². The van der Waals surface area contributed by atoms with E-state index in [-0.39, 0.29) is 0 Å². The predicted octanol–water partition coefficient (Wildman–Crippen LogP) is 11.3. The summed E-state index contributed by atoms with van der Waals surface area (Å²) in [5.41, 5.74) is -10.2. The molecule has 0 amide bonds. The molecular weight excluding hydrogens is 1100 g/mol. The van der Waals surface area contributed by atoms with Gasteiger partial charge in [0.05, 0.1) is 5.34 Å². The highest BCUT2D eigenvalue weighted by Gasteiger charge is 3.00. The van der Waals surface area contributed by atoms with Crippen LogP contribution in [0.2, 0.25) is 0 Å². The van der Waals surface area contributed by atoms with E-state index in [1.807, 2.05) is 0 Å². The monoisotopic (exact) mass is 1100 g/mol. The molecule has 0 spiro atoms. The van der Waals surface area contributed by atoms with Crippen molar-refractivity contribution in [2.24, 2.45) is 0 Å². The van der Waals surface area contributed by atoms with Crippen molar-refractivity contribution < 1.29 is 193 Å². The average molecular weight is 1100 g/mol. The minimum atomic E-state index is -12.7. The molecule has 0 fully saturated rings. The van der Waals surface area contributed by atoms with E-state index in [1.165, 1.54) is 0 Å². The second-order valence-electron chi connectivity index (χ2n) is 10.8. The van der Waals surface area contributed by atoms with E-state index in [4.69, 9.17) is 0 Å². The molecule has 47 heteroatoms. The third-order valence-corrected chi connectivity index (χ3v) is 11.5. The summed E-state index contributed by atoms with van der Waals surface area (Å²) in [5.74, 6) is -69.9. The maximum Gasteiger partial charge on any atom is 0.593 e. The molecule has 0 aliphatic rings. The summed E-state index contributed by atoms with van der Waals surface area (Å²) in [5, 5.41) is -26.8. The van der Waals surface area contributed by atoms with Crippen LogP contribution >= 0.6 is 0 Å². The topological polar surface area (TPSA) is 65.1 Å². The van der Waals surface area contributed by atoms with Crippen LogP contribution in [0.4, 0.5) is 171 Å². The highest BCUT2D eigenvalue weighted by atomic mass is 32.2. The molecule has 0 aromatic carbocycles. The highest BCUT2D eigenvalue weighted by Crippen LogP contribution is 2.67. The summed E-state index contributed by atoms with van der Waals surface area (Å²) in [6, 6.07) is 0. The van der Waals surface area contributed by atoms with E-state index in [0.29, 0.717) is 0 Å². The number of hydrogen-bond donors (Lipinski definition) is 0. The number of halogens is 39. The summed E-state index contributed by atoms with van der Waals surface area (Å²) in [6.45, 7) is 0. The van der Waals surface area contributed by atoms with Crippen molar-refractivity contribution >= 4 is 18.6 Å². The van der Waals surface area contributed by atoms with Crippen LogP contribution in [0.1, 0.15) is 0 Å². The number of alkyl halides is 37. The van der Waals surface area contributed by atoms with Gasteiger partial charge in [0, 0.05) is 0 Å². The fraction of sp³-hybridized carbons (Fsp3) is 1.00. The number of rotatable bonds is 17. The molecule has 6 nitrogen and oxygen atoms in total. The average Bonchev–Trinajstić information content (AvgIpc) is 2.99. The molecule has 64 heavy (non-hydrogen) atoms. The minimum Gasteiger partial charge on any atom is -0.326 e. The second kappa shape index (κ2) is 15.4. The van der Waals surface area contributed by atoms with Crippen molar-refractivity contribution in [2.45, 2.75) is 100 Å². The maximum absolute atomic E-state index is 14.9. The minimum absolute atomic E-state index is 0.880. The van der Waals surface area contributed by atoms with Gasteiger partial charge in [0.15, 0.2) is 0 Å². The summed E-state index contributed by atoms with van der Waals surface area (Å²) in [4.78, 5) is 0. The zero-order chi connectivity index (χ0) is 53.2. The number of nitrogens with zero attached hydrogens (tertiary/aromatic N) is 1. The molecule has 0 saturated carbocycles. The lowest BCUT2D eigenvalue weighted by Crippen LogP contribution is -2.81. The van der Waals surface area contributed by atoms with Crippen LogP contribution in [0, 0.1) is 0 Å². The highest BCUT2D eigenvalue weighted by molar-refractivity contribution is 7.93. The Labute approximate surface area is 318 Å². The molecule has 0 aliphatic heterocycles. The smallest absolute Gasteiger partial charge is 0.326 e. The molecule has 0 aromatic rings. The molecular formula is C17F39NO5SSi. The maximum atomic E-state index is 14.9. The molecule has 0 saturated heterocycles. The van der Waals surface area contributed by atoms with E-state index in [2.05, 4.69) is 0 Å². The van der Waals surface area contributed by atoms with Gasteiger partial charge in [-0.1, -0.05) is 8.96 Å². The Bertz CT molecular complexity index is 1760. The summed E-state index contributed by atoms with van der Waals surface area (Å²) < 4.78 is 556. The van der Waals surface area contributed by atoms with Gasteiger partial charge in [-0.3, -0.25) is 0 Å². The fourth-order valence-electron chi connectivity index (χ4n) is 3.24. The van der Waals surface area contributed by atoms with Gasteiger partial charge in [0.25, 0.3) is 9.84 Å². The summed E-state index contributed by atoms with van der Waals surface area (Å²) in [6.07, 6.45) is -63.5. The van der Waals surface area contributed by atoms with Gasteiger partial charge in [-0.05, 0) is 0 Å². The molecule has 1 unspecified atom stereocenters. The molecule has 0 bridgehead atoms. The molecule has 0 N–H and O–H groups in total. The van der Waals surface area contributed by atoms with Crippen molar-refractivity contribution in [3.8, 4) is 0 Å². The number of sulfone groups is 1. The third kappa shape index (κ3) is 8.24. The van der Waals surface area contributed by atoms with Crippen LogP contribution in [0.5, 0.6) is 0 Å². The van der Waals surface area contributed by atoms with Crippen LogP contribution in [-0.2, 0) is 23.1 Å². The first-order valence-electron chi connectivity index (χ1n) is 12.8. The molecule has 1 atom stereocenters. The third-order valence-electron chi connectivity index (χ3n) is 6.57. The van der Waals surface area contributed by atoms with Crippen LogP contribution < -0.4 is 0 Å². The molecule has 0 aromatic heterocycles. The first-order chi connectivity index (χ1) is 26.8. The lowest BCUT2D eigenvalue weighted by molar-refractivity contribution is -0.458. The van der Waals surface area contributed by atoms with Crippen LogP contribution in [0.15, 0.2) is 0 Å². The van der Waals surface area contributed by atoms with Gasteiger partial charge < -0.3 is 13.3 Å². The van der Waals surface area contributed by atoms with E-state index in [0.717, 1.165) is 13.3 Å². The van der Waals surface area contributed by atoms with Crippen molar-refractivity contribution in [1.29, 1.82) is 0 Å². The largest absolute Gasteiger partial charge is 0.593 e. The van der Waals surface area contributed by atoms with E-state index >= 15 is 0 Å². The van der Waals surface area contributed by atoms with Gasteiger partial charge in [-0.25, -0.2) is 8.42 Å². The van der Waals surface area contributed by atoms with Crippen molar-refractivity contribution in [1.82, 2.24) is 5.34 Å². The SMILES string of the molecule is O=S(=O)(C(F)(F)C(F)(F)C(F)(F)C(F)(F)C(F)(F)C(F)(F)C(F)(F)C(F)(F)F)C(O[Si](OC(F)(F)C(F)(F)F)(OC(F)(F)C(F)(F)F)C(F)(F)C(F)(F)C(F)(F)F)(N(F)F)C(F)(F)F. The van der Waals surface area contributed by atoms with Crippen molar-refractivity contribution in [3.63, 3.8) is 0 Å². The molecule has 0 heterocycles. The first kappa shape index (κ1) is 61.3. The van der Waals surface area contributed by atoms with Crippen LogP contribution in [-0.4, -0.2) is 123 Å². The lowest BCUT2D eigenvalue weighted by atomic mass is 9.91. The quantitative estimate of drug-likeness (QED) is 0.0626. The number of hydrogen-bond acceptors (Lipinski definition) is 6. The fourth-order valence-corrected chi connectivity index (χ4v) is 7.80. The van der Waals surface area contributed by atoms with E-state index in [1.54, 1.807) is 0 Å². The zero-order valence-electron chi connectivity index (χ0n) is 26.6.